The number of aryl methyl sites for hydroxylation is 2. The van der Waals surface area contributed by atoms with Crippen LogP contribution in [0.1, 0.15) is 36.5 Å². The van der Waals surface area contributed by atoms with Gasteiger partial charge in [0, 0.05) is 13.0 Å². The fraction of sp³-hybridized carbons (Fsp3) is 0.533. The summed E-state index contributed by atoms with van der Waals surface area (Å²) < 4.78 is 0. The summed E-state index contributed by atoms with van der Waals surface area (Å²) in [7, 11) is 0. The second kappa shape index (κ2) is 6.01. The Kier molecular flexibility index (Phi) is 4.37. The second-order valence-corrected chi connectivity index (χ2v) is 5.29. The summed E-state index contributed by atoms with van der Waals surface area (Å²) in [4.78, 5) is 10.5. The maximum Gasteiger partial charge on any atom is 0.303 e. The minimum Gasteiger partial charge on any atom is -0.481 e. The van der Waals surface area contributed by atoms with Gasteiger partial charge in [0.05, 0.1) is 0 Å². The van der Waals surface area contributed by atoms with E-state index < -0.39 is 5.97 Å². The van der Waals surface area contributed by atoms with Gasteiger partial charge in [-0.3, -0.25) is 4.79 Å². The van der Waals surface area contributed by atoms with Crippen molar-refractivity contribution in [3.05, 3.63) is 34.9 Å². The molecule has 1 aromatic rings. The zero-order chi connectivity index (χ0) is 13.0. The summed E-state index contributed by atoms with van der Waals surface area (Å²) in [5, 5.41) is 12.0. The largest absolute Gasteiger partial charge is 0.481 e. The lowest BCUT2D eigenvalue weighted by atomic mass is 10.1. The molecule has 0 amide bonds. The van der Waals surface area contributed by atoms with Crippen LogP contribution < -0.4 is 5.32 Å². The van der Waals surface area contributed by atoms with Crippen molar-refractivity contribution >= 4 is 5.97 Å². The van der Waals surface area contributed by atoms with E-state index in [0.29, 0.717) is 0 Å². The van der Waals surface area contributed by atoms with Crippen molar-refractivity contribution in [1.82, 2.24) is 5.32 Å². The van der Waals surface area contributed by atoms with Crippen LogP contribution in [0.3, 0.4) is 0 Å². The van der Waals surface area contributed by atoms with Crippen molar-refractivity contribution < 1.29 is 9.90 Å². The number of rotatable bonds is 6. The number of carbonyl (C=O) groups is 1. The first kappa shape index (κ1) is 13.1. The SMILES string of the molecule is CC(CNCc1ccc2c(c1)CCC2)CC(=O)O. The number of carboxylic acid groups (broad SMARTS) is 1. The summed E-state index contributed by atoms with van der Waals surface area (Å²) >= 11 is 0. The Labute approximate surface area is 108 Å². The van der Waals surface area contributed by atoms with Crippen molar-refractivity contribution in [3.8, 4) is 0 Å². The van der Waals surface area contributed by atoms with E-state index in [1.807, 2.05) is 6.92 Å². The average molecular weight is 247 g/mol. The topological polar surface area (TPSA) is 49.3 Å². The van der Waals surface area contributed by atoms with Crippen molar-refractivity contribution in [1.29, 1.82) is 0 Å². The third-order valence-corrected chi connectivity index (χ3v) is 3.51. The van der Waals surface area contributed by atoms with Crippen LogP contribution in [-0.2, 0) is 24.2 Å². The zero-order valence-electron chi connectivity index (χ0n) is 10.9. The lowest BCUT2D eigenvalue weighted by molar-refractivity contribution is -0.137. The van der Waals surface area contributed by atoms with E-state index in [2.05, 4.69) is 23.5 Å². The van der Waals surface area contributed by atoms with E-state index in [1.165, 1.54) is 36.0 Å². The van der Waals surface area contributed by atoms with Crippen molar-refractivity contribution in [2.75, 3.05) is 6.54 Å². The highest BCUT2D eigenvalue weighted by molar-refractivity contribution is 5.66. The van der Waals surface area contributed by atoms with E-state index in [1.54, 1.807) is 0 Å². The quantitative estimate of drug-likeness (QED) is 0.811. The molecule has 3 heteroatoms. The Morgan fingerprint density at radius 2 is 2.17 bits per heavy atom. The normalized spacial score (nSPS) is 15.4. The first-order valence-electron chi connectivity index (χ1n) is 6.68. The minimum absolute atomic E-state index is 0.178. The van der Waals surface area contributed by atoms with Gasteiger partial charge in [0.15, 0.2) is 0 Å². The zero-order valence-corrected chi connectivity index (χ0v) is 10.9. The van der Waals surface area contributed by atoms with Gasteiger partial charge < -0.3 is 10.4 Å². The first-order valence-corrected chi connectivity index (χ1v) is 6.68. The van der Waals surface area contributed by atoms with Crippen LogP contribution in [0, 0.1) is 5.92 Å². The molecule has 0 bridgehead atoms. The third-order valence-electron chi connectivity index (χ3n) is 3.51. The molecule has 0 spiro atoms. The molecule has 0 saturated carbocycles. The van der Waals surface area contributed by atoms with Crippen LogP contribution in [0.15, 0.2) is 18.2 Å². The van der Waals surface area contributed by atoms with Gasteiger partial charge in [-0.1, -0.05) is 25.1 Å². The number of carboxylic acids is 1. The fourth-order valence-corrected chi connectivity index (χ4v) is 2.57. The molecule has 0 saturated heterocycles. The molecule has 0 fully saturated rings. The molecular formula is C15H21NO2. The second-order valence-electron chi connectivity index (χ2n) is 5.29. The van der Waals surface area contributed by atoms with Crippen LogP contribution in [-0.4, -0.2) is 17.6 Å². The Morgan fingerprint density at radius 1 is 1.39 bits per heavy atom. The highest BCUT2D eigenvalue weighted by atomic mass is 16.4. The molecule has 18 heavy (non-hydrogen) atoms. The highest BCUT2D eigenvalue weighted by Gasteiger charge is 2.11. The Hall–Kier alpha value is -1.35. The van der Waals surface area contributed by atoms with E-state index in [0.717, 1.165) is 13.1 Å². The molecule has 2 rings (SSSR count). The molecular weight excluding hydrogens is 226 g/mol. The van der Waals surface area contributed by atoms with Gasteiger partial charge in [0.2, 0.25) is 0 Å². The highest BCUT2D eigenvalue weighted by Crippen LogP contribution is 2.22. The number of fused-ring (bicyclic) bond motifs is 1. The summed E-state index contributed by atoms with van der Waals surface area (Å²) in [5.74, 6) is -0.543. The van der Waals surface area contributed by atoms with E-state index >= 15 is 0 Å². The number of benzene rings is 1. The van der Waals surface area contributed by atoms with Crippen LogP contribution in [0.2, 0.25) is 0 Å². The molecule has 1 aliphatic carbocycles. The molecule has 0 aromatic heterocycles. The maximum absolute atomic E-state index is 10.5. The van der Waals surface area contributed by atoms with E-state index in [9.17, 15) is 4.79 Å². The third kappa shape index (κ3) is 3.57. The molecule has 98 valence electrons. The first-order chi connectivity index (χ1) is 8.65. The fourth-order valence-electron chi connectivity index (χ4n) is 2.57. The van der Waals surface area contributed by atoms with Crippen molar-refractivity contribution in [2.24, 2.45) is 5.92 Å². The lowest BCUT2D eigenvalue weighted by Crippen LogP contribution is -2.22. The number of hydrogen-bond acceptors (Lipinski definition) is 2. The van der Waals surface area contributed by atoms with Gasteiger partial charge in [-0.15, -0.1) is 0 Å². The number of aliphatic carboxylic acids is 1. The van der Waals surface area contributed by atoms with Crippen LogP contribution in [0.5, 0.6) is 0 Å². The Balaban J connectivity index is 1.78. The van der Waals surface area contributed by atoms with Crippen LogP contribution in [0.25, 0.3) is 0 Å². The smallest absolute Gasteiger partial charge is 0.303 e. The average Bonchev–Trinajstić information content (AvgIpc) is 2.75. The molecule has 0 heterocycles. The lowest BCUT2D eigenvalue weighted by Gasteiger charge is -2.11. The van der Waals surface area contributed by atoms with E-state index in [-0.39, 0.29) is 12.3 Å². The van der Waals surface area contributed by atoms with Gasteiger partial charge in [-0.2, -0.15) is 0 Å². The summed E-state index contributed by atoms with van der Waals surface area (Å²) in [6, 6.07) is 6.70. The Morgan fingerprint density at radius 3 is 2.94 bits per heavy atom. The molecule has 3 nitrogen and oxygen atoms in total. The summed E-state index contributed by atoms with van der Waals surface area (Å²) in [6.07, 6.45) is 3.94. The van der Waals surface area contributed by atoms with Crippen LogP contribution in [0.4, 0.5) is 0 Å². The maximum atomic E-state index is 10.5. The predicted molar refractivity (Wildman–Crippen MR) is 71.6 cm³/mol. The molecule has 0 aliphatic heterocycles. The predicted octanol–water partition coefficient (Wildman–Crippen LogP) is 2.38. The van der Waals surface area contributed by atoms with Gasteiger partial charge in [0.25, 0.3) is 0 Å². The number of nitrogens with one attached hydrogen (secondary N) is 1. The monoisotopic (exact) mass is 247 g/mol. The van der Waals surface area contributed by atoms with Gasteiger partial charge in [-0.05, 0) is 48.4 Å². The minimum atomic E-state index is -0.721. The summed E-state index contributed by atoms with van der Waals surface area (Å²) in [5.41, 5.74) is 4.30. The molecule has 0 radical (unpaired) electrons. The molecule has 1 aromatic carbocycles. The van der Waals surface area contributed by atoms with Gasteiger partial charge >= 0.3 is 5.97 Å². The molecule has 2 N–H and O–H groups in total. The molecule has 1 unspecified atom stereocenters. The van der Waals surface area contributed by atoms with E-state index in [4.69, 9.17) is 5.11 Å². The van der Waals surface area contributed by atoms with Crippen molar-refractivity contribution in [2.45, 2.75) is 39.2 Å². The summed E-state index contributed by atoms with van der Waals surface area (Å²) in [6.45, 7) is 3.55. The van der Waals surface area contributed by atoms with Gasteiger partial charge in [-0.25, -0.2) is 0 Å². The van der Waals surface area contributed by atoms with Crippen LogP contribution >= 0.6 is 0 Å². The standard InChI is InChI=1S/C15H21NO2/c1-11(7-15(17)18)9-16-10-12-5-6-13-3-2-4-14(13)8-12/h5-6,8,11,16H,2-4,7,9-10H2,1H3,(H,17,18). The number of hydrogen-bond donors (Lipinski definition) is 2. The van der Waals surface area contributed by atoms with Crippen molar-refractivity contribution in [3.63, 3.8) is 0 Å². The molecule has 1 atom stereocenters. The van der Waals surface area contributed by atoms with Gasteiger partial charge in [0.1, 0.15) is 0 Å². The molecule has 1 aliphatic rings. The Bertz CT molecular complexity index is 429.